The van der Waals surface area contributed by atoms with Crippen LogP contribution in [0.5, 0.6) is 0 Å². The van der Waals surface area contributed by atoms with Crippen molar-refractivity contribution in [3.05, 3.63) is 40.5 Å². The Bertz CT molecular complexity index is 630. The van der Waals surface area contributed by atoms with Gasteiger partial charge in [0, 0.05) is 22.9 Å². The highest BCUT2D eigenvalue weighted by Gasteiger charge is 2.12. The summed E-state index contributed by atoms with van der Waals surface area (Å²) >= 11 is 7.56. The number of aromatic nitrogens is 2. The highest BCUT2D eigenvalue weighted by Crippen LogP contribution is 2.26. The first kappa shape index (κ1) is 15.9. The van der Waals surface area contributed by atoms with Crippen LogP contribution < -0.4 is 5.32 Å². The smallest absolute Gasteiger partial charge is 0.252 e. The Kier molecular flexibility index (Phi) is 5.64. The summed E-state index contributed by atoms with van der Waals surface area (Å²) in [5.74, 6) is 1.86. The number of nitrogens with one attached hydrogen (secondary N) is 1. The van der Waals surface area contributed by atoms with Gasteiger partial charge in [-0.05, 0) is 30.9 Å². The van der Waals surface area contributed by atoms with Gasteiger partial charge in [-0.25, -0.2) is 0 Å². The lowest BCUT2D eigenvalue weighted by molar-refractivity contribution is 0.0950. The van der Waals surface area contributed by atoms with Crippen molar-refractivity contribution in [2.45, 2.75) is 25.2 Å². The van der Waals surface area contributed by atoms with E-state index in [9.17, 15) is 4.79 Å². The first-order valence-electron chi connectivity index (χ1n) is 6.60. The second-order valence-corrected chi connectivity index (χ2v) is 6.06. The molecule has 1 heterocycles. The van der Waals surface area contributed by atoms with Crippen LogP contribution in [0.15, 0.2) is 27.6 Å². The minimum atomic E-state index is -0.126. The van der Waals surface area contributed by atoms with Gasteiger partial charge in [0.1, 0.15) is 0 Å². The summed E-state index contributed by atoms with van der Waals surface area (Å²) in [6.07, 6.45) is 0.510. The molecule has 0 aliphatic rings. The van der Waals surface area contributed by atoms with E-state index in [-0.39, 0.29) is 5.91 Å². The fourth-order valence-corrected chi connectivity index (χ4v) is 2.85. The van der Waals surface area contributed by atoms with Crippen LogP contribution in [0, 0.1) is 6.92 Å². The average Bonchev–Trinajstić information content (AvgIpc) is 2.85. The zero-order valence-electron chi connectivity index (χ0n) is 11.9. The van der Waals surface area contributed by atoms with Crippen LogP contribution in [0.4, 0.5) is 0 Å². The molecule has 1 amide bonds. The van der Waals surface area contributed by atoms with E-state index in [0.717, 1.165) is 10.6 Å². The number of rotatable bonds is 6. The molecule has 0 bridgehead atoms. The maximum Gasteiger partial charge on any atom is 0.252 e. The Balaban J connectivity index is 1.96. The molecule has 2 aromatic rings. The Hall–Kier alpha value is -1.53. The number of hydrogen-bond donors (Lipinski definition) is 1. The third kappa shape index (κ3) is 4.47. The van der Waals surface area contributed by atoms with Crippen LogP contribution >= 0.6 is 23.4 Å². The van der Waals surface area contributed by atoms with E-state index in [4.69, 9.17) is 16.1 Å². The Morgan fingerprint density at radius 1 is 1.48 bits per heavy atom. The Labute approximate surface area is 132 Å². The predicted octanol–water partition coefficient (Wildman–Crippen LogP) is 3.12. The number of benzene rings is 1. The third-order valence-corrected chi connectivity index (χ3v) is 3.85. The number of aryl methyl sites for hydroxylation is 1. The van der Waals surface area contributed by atoms with Gasteiger partial charge < -0.3 is 9.84 Å². The molecular weight excluding hydrogens is 310 g/mol. The molecule has 0 fully saturated rings. The van der Waals surface area contributed by atoms with Crippen LogP contribution in [0.25, 0.3) is 0 Å². The van der Waals surface area contributed by atoms with Gasteiger partial charge in [-0.15, -0.1) is 11.8 Å². The Morgan fingerprint density at radius 2 is 2.29 bits per heavy atom. The quantitative estimate of drug-likeness (QED) is 0.826. The molecule has 0 saturated heterocycles. The van der Waals surface area contributed by atoms with Gasteiger partial charge >= 0.3 is 0 Å². The van der Waals surface area contributed by atoms with Crippen LogP contribution in [0.2, 0.25) is 5.02 Å². The van der Waals surface area contributed by atoms with E-state index in [0.29, 0.717) is 35.3 Å². The standard InChI is InChI=1S/C14H16ClN3O2S/c1-3-21-12-8-10(15)4-5-11(12)14(19)16-7-6-13-17-9(2)18-20-13/h4-5,8H,3,6-7H2,1-2H3,(H,16,19). The van der Waals surface area contributed by atoms with Gasteiger partial charge in [-0.1, -0.05) is 23.7 Å². The third-order valence-electron chi connectivity index (χ3n) is 2.68. The van der Waals surface area contributed by atoms with Gasteiger partial charge in [-0.2, -0.15) is 4.98 Å². The van der Waals surface area contributed by atoms with E-state index in [1.54, 1.807) is 30.8 Å². The number of carbonyl (C=O) groups excluding carboxylic acids is 1. The first-order chi connectivity index (χ1) is 10.1. The summed E-state index contributed by atoms with van der Waals surface area (Å²) in [4.78, 5) is 17.2. The number of thioether (sulfide) groups is 1. The molecule has 112 valence electrons. The molecule has 1 aromatic carbocycles. The molecule has 1 N–H and O–H groups in total. The van der Waals surface area contributed by atoms with E-state index in [2.05, 4.69) is 15.5 Å². The summed E-state index contributed by atoms with van der Waals surface area (Å²) < 4.78 is 5.00. The predicted molar refractivity (Wildman–Crippen MR) is 82.9 cm³/mol. The number of hydrogen-bond acceptors (Lipinski definition) is 5. The molecule has 1 aromatic heterocycles. The molecule has 7 heteroatoms. The number of halogens is 1. The summed E-state index contributed by atoms with van der Waals surface area (Å²) in [5.41, 5.74) is 0.632. The molecule has 0 aliphatic carbocycles. The molecule has 0 saturated carbocycles. The molecule has 0 aliphatic heterocycles. The van der Waals surface area contributed by atoms with E-state index in [1.165, 1.54) is 0 Å². The van der Waals surface area contributed by atoms with Crippen molar-refractivity contribution >= 4 is 29.3 Å². The first-order valence-corrected chi connectivity index (χ1v) is 7.96. The van der Waals surface area contributed by atoms with Crippen LogP contribution in [0.1, 0.15) is 29.0 Å². The van der Waals surface area contributed by atoms with Crippen LogP contribution in [0.3, 0.4) is 0 Å². The number of amides is 1. The topological polar surface area (TPSA) is 68.0 Å². The van der Waals surface area contributed by atoms with Crippen molar-refractivity contribution in [2.24, 2.45) is 0 Å². The zero-order valence-corrected chi connectivity index (χ0v) is 13.4. The minimum absolute atomic E-state index is 0.126. The fraction of sp³-hybridized carbons (Fsp3) is 0.357. The highest BCUT2D eigenvalue weighted by molar-refractivity contribution is 7.99. The van der Waals surface area contributed by atoms with Gasteiger partial charge in [0.25, 0.3) is 5.91 Å². The summed E-state index contributed by atoms with van der Waals surface area (Å²) in [6, 6.07) is 5.27. The Morgan fingerprint density at radius 3 is 2.95 bits per heavy atom. The molecule has 0 radical (unpaired) electrons. The maximum absolute atomic E-state index is 12.2. The van der Waals surface area contributed by atoms with Gasteiger partial charge in [-0.3, -0.25) is 4.79 Å². The lowest BCUT2D eigenvalue weighted by Crippen LogP contribution is -2.26. The minimum Gasteiger partial charge on any atom is -0.351 e. The van der Waals surface area contributed by atoms with E-state index < -0.39 is 0 Å². The van der Waals surface area contributed by atoms with Crippen molar-refractivity contribution in [2.75, 3.05) is 12.3 Å². The van der Waals surface area contributed by atoms with Crippen molar-refractivity contribution in [3.63, 3.8) is 0 Å². The molecule has 5 nitrogen and oxygen atoms in total. The lowest BCUT2D eigenvalue weighted by atomic mass is 10.2. The lowest BCUT2D eigenvalue weighted by Gasteiger charge is -2.09. The van der Waals surface area contributed by atoms with Gasteiger partial charge in [0.15, 0.2) is 5.82 Å². The largest absolute Gasteiger partial charge is 0.351 e. The average molecular weight is 326 g/mol. The number of carbonyl (C=O) groups is 1. The van der Waals surface area contributed by atoms with Crippen molar-refractivity contribution in [1.82, 2.24) is 15.5 Å². The molecular formula is C14H16ClN3O2S. The molecule has 0 atom stereocenters. The van der Waals surface area contributed by atoms with E-state index in [1.807, 2.05) is 13.0 Å². The van der Waals surface area contributed by atoms with Crippen LogP contribution in [-0.2, 0) is 6.42 Å². The summed E-state index contributed by atoms with van der Waals surface area (Å²) in [5, 5.41) is 7.18. The summed E-state index contributed by atoms with van der Waals surface area (Å²) in [7, 11) is 0. The van der Waals surface area contributed by atoms with Crippen molar-refractivity contribution in [3.8, 4) is 0 Å². The molecule has 2 rings (SSSR count). The molecule has 0 unspecified atom stereocenters. The monoisotopic (exact) mass is 325 g/mol. The SMILES string of the molecule is CCSc1cc(Cl)ccc1C(=O)NCCc1nc(C)no1. The zero-order chi connectivity index (χ0) is 15.2. The maximum atomic E-state index is 12.2. The van der Waals surface area contributed by atoms with Gasteiger partial charge in [0.05, 0.1) is 5.56 Å². The normalized spacial score (nSPS) is 10.6. The molecule has 0 spiro atoms. The van der Waals surface area contributed by atoms with Crippen LogP contribution in [-0.4, -0.2) is 28.3 Å². The fourth-order valence-electron chi connectivity index (χ4n) is 1.78. The summed E-state index contributed by atoms with van der Waals surface area (Å²) in [6.45, 7) is 4.23. The highest BCUT2D eigenvalue weighted by atomic mass is 35.5. The van der Waals surface area contributed by atoms with E-state index >= 15 is 0 Å². The second-order valence-electron chi connectivity index (χ2n) is 4.31. The molecule has 21 heavy (non-hydrogen) atoms. The van der Waals surface area contributed by atoms with Crippen molar-refractivity contribution in [1.29, 1.82) is 0 Å². The second kappa shape index (κ2) is 7.47. The van der Waals surface area contributed by atoms with Crippen molar-refractivity contribution < 1.29 is 9.32 Å². The number of nitrogens with zero attached hydrogens (tertiary/aromatic N) is 2. The van der Waals surface area contributed by atoms with Gasteiger partial charge in [0.2, 0.25) is 5.89 Å².